The van der Waals surface area contributed by atoms with Crippen LogP contribution in [-0.4, -0.2) is 32.2 Å². The molecule has 0 atom stereocenters. The molecule has 0 bridgehead atoms. The minimum atomic E-state index is -5.08. The number of H-pyrrole nitrogens is 1. The maximum Gasteiger partial charge on any atom is 0.490 e. The number of aliphatic carboxylic acids is 1. The first kappa shape index (κ1) is 21.4. The molecule has 0 aliphatic heterocycles. The van der Waals surface area contributed by atoms with E-state index in [1.165, 1.54) is 35.3 Å². The molecule has 4 rings (SSSR count). The van der Waals surface area contributed by atoms with Crippen LogP contribution in [0.4, 0.5) is 18.9 Å². The summed E-state index contributed by atoms with van der Waals surface area (Å²) in [5, 5.41) is 10.7. The summed E-state index contributed by atoms with van der Waals surface area (Å²) in [6.07, 6.45) is 5.24. The lowest BCUT2D eigenvalue weighted by Crippen LogP contribution is -2.21. The third-order valence-corrected chi connectivity index (χ3v) is 4.66. The lowest BCUT2D eigenvalue weighted by molar-refractivity contribution is -0.192. The second-order valence-electron chi connectivity index (χ2n) is 6.79. The number of aromatic nitrogens is 3. The lowest BCUT2D eigenvalue weighted by atomic mass is 9.94. The summed E-state index contributed by atoms with van der Waals surface area (Å²) >= 11 is 0. The highest BCUT2D eigenvalue weighted by molar-refractivity contribution is 5.73. The van der Waals surface area contributed by atoms with Gasteiger partial charge < -0.3 is 15.4 Å². The van der Waals surface area contributed by atoms with Crippen LogP contribution in [0, 0.1) is 0 Å². The van der Waals surface area contributed by atoms with E-state index >= 15 is 0 Å². The molecule has 0 amide bonds. The Hall–Kier alpha value is -3.36. The fraction of sp³-hybridized carbons (Fsp3) is 0.286. The average Bonchev–Trinajstić information content (AvgIpc) is 3.27. The van der Waals surface area contributed by atoms with E-state index in [4.69, 9.17) is 9.90 Å². The van der Waals surface area contributed by atoms with Crippen LogP contribution in [0.5, 0.6) is 0 Å². The quantitative estimate of drug-likeness (QED) is 0.576. The number of carbonyl (C=O) groups is 1. The Morgan fingerprint density at radius 1 is 1.13 bits per heavy atom. The van der Waals surface area contributed by atoms with Gasteiger partial charge in [0, 0.05) is 42.1 Å². The number of imidazole rings is 1. The Bertz CT molecular complexity index is 988. The smallest absolute Gasteiger partial charge is 0.475 e. The molecular formula is C21H21F3N4O2. The summed E-state index contributed by atoms with van der Waals surface area (Å²) in [6, 6.07) is 10.6. The zero-order valence-electron chi connectivity index (χ0n) is 16.0. The fourth-order valence-corrected chi connectivity index (χ4v) is 3.24. The number of hydrogen-bond donors (Lipinski definition) is 3. The second kappa shape index (κ2) is 9.43. The molecule has 0 fully saturated rings. The molecule has 3 aromatic rings. The van der Waals surface area contributed by atoms with E-state index in [1.807, 2.05) is 12.4 Å². The van der Waals surface area contributed by atoms with Crippen LogP contribution in [0.3, 0.4) is 0 Å². The van der Waals surface area contributed by atoms with Crippen molar-refractivity contribution in [3.05, 3.63) is 65.7 Å². The van der Waals surface area contributed by atoms with E-state index < -0.39 is 12.1 Å². The zero-order valence-corrected chi connectivity index (χ0v) is 16.0. The summed E-state index contributed by atoms with van der Waals surface area (Å²) in [5.74, 6) is -1.85. The Kier molecular flexibility index (Phi) is 6.71. The molecule has 0 radical (unpaired) electrons. The molecule has 158 valence electrons. The van der Waals surface area contributed by atoms with Crippen LogP contribution >= 0.6 is 0 Å². The molecular weight excluding hydrogens is 397 g/mol. The minimum Gasteiger partial charge on any atom is -0.475 e. The minimum absolute atomic E-state index is 0.811. The molecule has 9 heteroatoms. The number of carboxylic acids is 1. The second-order valence-corrected chi connectivity index (χ2v) is 6.79. The van der Waals surface area contributed by atoms with Gasteiger partial charge in [0.1, 0.15) is 5.82 Å². The standard InChI is InChI=1S/C19H20N4.C2HF3O2/c1-2-7-17-16(6-1)18(8-9-20-17)23-13-14-4-3-5-15(12-14)19-21-10-11-22-19;3-2(4,5)1(6)7/h3-5,8-12H,1-2,6-7,13H2,(H,20,23)(H,21,22);(H,6,7). The number of hydrogen-bond acceptors (Lipinski definition) is 4. The van der Waals surface area contributed by atoms with Crippen molar-refractivity contribution in [3.63, 3.8) is 0 Å². The SMILES string of the molecule is O=C(O)C(F)(F)F.c1cc(CNc2ccnc3c2CCCC3)cc(-c2ncc[nH]2)c1. The Morgan fingerprint density at radius 3 is 2.60 bits per heavy atom. The van der Waals surface area contributed by atoms with Crippen LogP contribution in [0.25, 0.3) is 11.4 Å². The largest absolute Gasteiger partial charge is 0.490 e. The van der Waals surface area contributed by atoms with Crippen molar-refractivity contribution >= 4 is 11.7 Å². The van der Waals surface area contributed by atoms with Crippen molar-refractivity contribution in [2.45, 2.75) is 38.4 Å². The van der Waals surface area contributed by atoms with Gasteiger partial charge in [0.05, 0.1) is 0 Å². The molecule has 30 heavy (non-hydrogen) atoms. The van der Waals surface area contributed by atoms with Gasteiger partial charge in [0.2, 0.25) is 0 Å². The van der Waals surface area contributed by atoms with Crippen molar-refractivity contribution < 1.29 is 23.1 Å². The van der Waals surface area contributed by atoms with Crippen molar-refractivity contribution in [2.75, 3.05) is 5.32 Å². The highest BCUT2D eigenvalue weighted by Gasteiger charge is 2.38. The first-order valence-corrected chi connectivity index (χ1v) is 9.44. The number of halogens is 3. The zero-order chi connectivity index (χ0) is 21.6. The normalized spacial score (nSPS) is 13.0. The molecule has 6 nitrogen and oxygen atoms in total. The number of fused-ring (bicyclic) bond motifs is 1. The van der Waals surface area contributed by atoms with Gasteiger partial charge >= 0.3 is 12.1 Å². The van der Waals surface area contributed by atoms with Crippen LogP contribution in [0.1, 0.15) is 29.7 Å². The van der Waals surface area contributed by atoms with E-state index in [1.54, 1.807) is 6.20 Å². The lowest BCUT2D eigenvalue weighted by Gasteiger charge is -2.19. The summed E-state index contributed by atoms with van der Waals surface area (Å²) in [6.45, 7) is 0.811. The molecule has 1 aliphatic rings. The first-order chi connectivity index (χ1) is 14.3. The molecule has 3 N–H and O–H groups in total. The number of benzene rings is 1. The number of rotatable bonds is 4. The van der Waals surface area contributed by atoms with Gasteiger partial charge in [-0.25, -0.2) is 9.78 Å². The summed E-state index contributed by atoms with van der Waals surface area (Å²) in [4.78, 5) is 20.9. The van der Waals surface area contributed by atoms with Crippen molar-refractivity contribution in [3.8, 4) is 11.4 Å². The van der Waals surface area contributed by atoms with Gasteiger partial charge in [0.15, 0.2) is 0 Å². The van der Waals surface area contributed by atoms with Crippen LogP contribution in [-0.2, 0) is 24.2 Å². The fourth-order valence-electron chi connectivity index (χ4n) is 3.24. The van der Waals surface area contributed by atoms with Crippen molar-refractivity contribution in [1.29, 1.82) is 0 Å². The van der Waals surface area contributed by atoms with E-state index in [-0.39, 0.29) is 0 Å². The average molecular weight is 418 g/mol. The van der Waals surface area contributed by atoms with E-state index in [0.29, 0.717) is 0 Å². The van der Waals surface area contributed by atoms with E-state index in [2.05, 4.69) is 50.6 Å². The Balaban J connectivity index is 0.000000318. The molecule has 0 spiro atoms. The maximum atomic E-state index is 10.6. The molecule has 1 aromatic carbocycles. The van der Waals surface area contributed by atoms with Crippen LogP contribution < -0.4 is 5.32 Å². The number of anilines is 1. The molecule has 2 heterocycles. The summed E-state index contributed by atoms with van der Waals surface area (Å²) < 4.78 is 31.7. The molecule has 0 saturated carbocycles. The van der Waals surface area contributed by atoms with Gasteiger partial charge in [-0.2, -0.15) is 13.2 Å². The van der Waals surface area contributed by atoms with Crippen LogP contribution in [0.15, 0.2) is 48.9 Å². The highest BCUT2D eigenvalue weighted by atomic mass is 19.4. The first-order valence-electron chi connectivity index (χ1n) is 9.44. The number of pyridine rings is 1. The number of aromatic amines is 1. The molecule has 0 saturated heterocycles. The Labute approximate surface area is 171 Å². The number of nitrogens with zero attached hydrogens (tertiary/aromatic N) is 2. The van der Waals surface area contributed by atoms with E-state index in [0.717, 1.165) is 30.8 Å². The maximum absolute atomic E-state index is 10.6. The number of alkyl halides is 3. The topological polar surface area (TPSA) is 90.9 Å². The van der Waals surface area contributed by atoms with Gasteiger partial charge in [-0.1, -0.05) is 18.2 Å². The van der Waals surface area contributed by atoms with Gasteiger partial charge in [-0.05, 0) is 48.9 Å². The van der Waals surface area contributed by atoms with Gasteiger partial charge in [0.25, 0.3) is 0 Å². The van der Waals surface area contributed by atoms with E-state index in [9.17, 15) is 13.2 Å². The molecule has 1 aliphatic carbocycles. The Morgan fingerprint density at radius 2 is 1.90 bits per heavy atom. The van der Waals surface area contributed by atoms with Crippen molar-refractivity contribution in [1.82, 2.24) is 15.0 Å². The number of aryl methyl sites for hydroxylation is 1. The summed E-state index contributed by atoms with van der Waals surface area (Å²) in [5.41, 5.74) is 6.27. The number of carboxylic acid groups (broad SMARTS) is 1. The van der Waals surface area contributed by atoms with Gasteiger partial charge in [-0.3, -0.25) is 4.98 Å². The predicted octanol–water partition coefficient (Wildman–Crippen LogP) is 4.60. The monoisotopic (exact) mass is 418 g/mol. The molecule has 2 aromatic heterocycles. The highest BCUT2D eigenvalue weighted by Crippen LogP contribution is 2.26. The predicted molar refractivity (Wildman–Crippen MR) is 106 cm³/mol. The third kappa shape index (κ3) is 5.59. The van der Waals surface area contributed by atoms with Crippen LogP contribution in [0.2, 0.25) is 0 Å². The number of nitrogens with one attached hydrogen (secondary N) is 2. The molecule has 0 unspecified atom stereocenters. The summed E-state index contributed by atoms with van der Waals surface area (Å²) in [7, 11) is 0. The van der Waals surface area contributed by atoms with Gasteiger partial charge in [-0.15, -0.1) is 0 Å². The van der Waals surface area contributed by atoms with Crippen molar-refractivity contribution in [2.24, 2.45) is 0 Å². The third-order valence-electron chi connectivity index (χ3n) is 4.66.